The van der Waals surface area contributed by atoms with Crippen LogP contribution >= 0.6 is 11.3 Å². The normalized spacial score (nSPS) is 12.5. The molecule has 0 aliphatic rings. The number of aromatic nitrogens is 1. The second kappa shape index (κ2) is 5.26. The molecule has 84 valence electrons. The molecule has 3 nitrogen and oxygen atoms in total. The van der Waals surface area contributed by atoms with Crippen molar-refractivity contribution in [2.75, 3.05) is 7.11 Å². The predicted octanol–water partition coefficient (Wildman–Crippen LogP) is 2.68. The summed E-state index contributed by atoms with van der Waals surface area (Å²) < 4.78 is 4.80. The van der Waals surface area contributed by atoms with Crippen molar-refractivity contribution < 1.29 is 9.53 Å². The highest BCUT2D eigenvalue weighted by Crippen LogP contribution is 2.30. The quantitative estimate of drug-likeness (QED) is 0.742. The maximum Gasteiger partial charge on any atom is 0.314 e. The van der Waals surface area contributed by atoms with Crippen LogP contribution < -0.4 is 0 Å². The maximum absolute atomic E-state index is 11.5. The molecule has 0 radical (unpaired) electrons. The molecule has 0 aliphatic heterocycles. The Bertz CT molecular complexity index is 346. The van der Waals surface area contributed by atoms with Gasteiger partial charge in [-0.3, -0.25) is 4.79 Å². The molecule has 0 amide bonds. The first-order chi connectivity index (χ1) is 7.13. The van der Waals surface area contributed by atoms with Gasteiger partial charge in [0, 0.05) is 4.88 Å². The third kappa shape index (κ3) is 2.56. The molecular weight excluding hydrogens is 210 g/mol. The number of nitrogens with zero attached hydrogens (tertiary/aromatic N) is 1. The van der Waals surface area contributed by atoms with Gasteiger partial charge in [0.25, 0.3) is 0 Å². The van der Waals surface area contributed by atoms with Crippen LogP contribution in [0.5, 0.6) is 0 Å². The number of aryl methyl sites for hydroxylation is 2. The smallest absolute Gasteiger partial charge is 0.314 e. The van der Waals surface area contributed by atoms with Gasteiger partial charge in [0.05, 0.1) is 23.7 Å². The van der Waals surface area contributed by atoms with Crippen LogP contribution in [-0.2, 0) is 16.0 Å². The first kappa shape index (κ1) is 12.2. The summed E-state index contributed by atoms with van der Waals surface area (Å²) in [5.74, 6) is -0.306. The zero-order chi connectivity index (χ0) is 11.4. The van der Waals surface area contributed by atoms with Crippen molar-refractivity contribution in [3.8, 4) is 0 Å². The van der Waals surface area contributed by atoms with Crippen molar-refractivity contribution in [2.45, 2.75) is 39.5 Å². The average Bonchev–Trinajstić information content (AvgIpc) is 2.61. The van der Waals surface area contributed by atoms with Crippen LogP contribution in [-0.4, -0.2) is 18.1 Å². The Hall–Kier alpha value is -0.900. The summed E-state index contributed by atoms with van der Waals surface area (Å²) in [6, 6.07) is 0. The Labute approximate surface area is 94.5 Å². The van der Waals surface area contributed by atoms with E-state index in [1.54, 1.807) is 11.3 Å². The Morgan fingerprint density at radius 3 is 2.60 bits per heavy atom. The van der Waals surface area contributed by atoms with E-state index in [0.29, 0.717) is 0 Å². The molecule has 4 heteroatoms. The van der Waals surface area contributed by atoms with E-state index in [4.69, 9.17) is 4.74 Å². The third-order valence-electron chi connectivity index (χ3n) is 2.39. The molecule has 1 unspecified atom stereocenters. The summed E-state index contributed by atoms with van der Waals surface area (Å²) in [5, 5.41) is 1.09. The van der Waals surface area contributed by atoms with Crippen molar-refractivity contribution in [2.24, 2.45) is 0 Å². The van der Waals surface area contributed by atoms with Crippen LogP contribution in [0.25, 0.3) is 0 Å². The zero-order valence-electron chi connectivity index (χ0n) is 9.66. The van der Waals surface area contributed by atoms with Crippen molar-refractivity contribution in [3.05, 3.63) is 15.6 Å². The van der Waals surface area contributed by atoms with Gasteiger partial charge in [-0.1, -0.05) is 13.8 Å². The van der Waals surface area contributed by atoms with E-state index in [1.165, 1.54) is 7.11 Å². The summed E-state index contributed by atoms with van der Waals surface area (Å²) in [6.07, 6.45) is 1.68. The van der Waals surface area contributed by atoms with Crippen LogP contribution in [0, 0.1) is 6.92 Å². The molecule has 0 aromatic carbocycles. The number of esters is 1. The highest BCUT2D eigenvalue weighted by molar-refractivity contribution is 7.12. The first-order valence-electron chi connectivity index (χ1n) is 5.18. The number of hydrogen-bond donors (Lipinski definition) is 0. The zero-order valence-corrected chi connectivity index (χ0v) is 10.5. The highest BCUT2D eigenvalue weighted by Gasteiger charge is 2.24. The van der Waals surface area contributed by atoms with Gasteiger partial charge in [0.1, 0.15) is 0 Å². The Balaban J connectivity index is 3.00. The largest absolute Gasteiger partial charge is 0.469 e. The standard InChI is InChI=1S/C11H17NO2S/c1-5-8(11(13)14-4)10-7(3)12-9(6-2)15-10/h8H,5-6H2,1-4H3. The monoisotopic (exact) mass is 227 g/mol. The van der Waals surface area contributed by atoms with Crippen LogP contribution in [0.2, 0.25) is 0 Å². The van der Waals surface area contributed by atoms with E-state index in [9.17, 15) is 4.79 Å². The van der Waals surface area contributed by atoms with Gasteiger partial charge in [0.2, 0.25) is 0 Å². The minimum Gasteiger partial charge on any atom is -0.469 e. The molecule has 0 fully saturated rings. The molecule has 1 atom stereocenters. The van der Waals surface area contributed by atoms with Crippen LogP contribution in [0.15, 0.2) is 0 Å². The molecule has 0 saturated heterocycles. The first-order valence-corrected chi connectivity index (χ1v) is 5.99. The fourth-order valence-electron chi connectivity index (χ4n) is 1.54. The molecule has 15 heavy (non-hydrogen) atoms. The van der Waals surface area contributed by atoms with Gasteiger partial charge in [-0.15, -0.1) is 11.3 Å². The molecule has 1 rings (SSSR count). The van der Waals surface area contributed by atoms with Crippen LogP contribution in [0.4, 0.5) is 0 Å². The number of thiazole rings is 1. The van der Waals surface area contributed by atoms with Gasteiger partial charge in [-0.05, 0) is 19.8 Å². The van der Waals surface area contributed by atoms with Gasteiger partial charge < -0.3 is 4.74 Å². The summed E-state index contributed by atoms with van der Waals surface area (Å²) in [7, 11) is 1.43. The number of methoxy groups -OCH3 is 1. The van der Waals surface area contributed by atoms with E-state index in [2.05, 4.69) is 11.9 Å². The summed E-state index contributed by atoms with van der Waals surface area (Å²) >= 11 is 1.62. The number of carbonyl (C=O) groups is 1. The highest BCUT2D eigenvalue weighted by atomic mass is 32.1. The topological polar surface area (TPSA) is 39.2 Å². The van der Waals surface area contributed by atoms with Crippen LogP contribution in [0.1, 0.15) is 41.8 Å². The minimum absolute atomic E-state index is 0.146. The molecule has 0 spiro atoms. The minimum atomic E-state index is -0.160. The number of rotatable bonds is 4. The van der Waals surface area contributed by atoms with E-state index in [-0.39, 0.29) is 11.9 Å². The fourth-order valence-corrected chi connectivity index (χ4v) is 2.72. The van der Waals surface area contributed by atoms with Crippen molar-refractivity contribution in [3.63, 3.8) is 0 Å². The van der Waals surface area contributed by atoms with Gasteiger partial charge in [-0.25, -0.2) is 4.98 Å². The lowest BCUT2D eigenvalue weighted by Crippen LogP contribution is -2.13. The van der Waals surface area contributed by atoms with E-state index in [0.717, 1.165) is 28.4 Å². The SMILES string of the molecule is CCc1nc(C)c(C(CC)C(=O)OC)s1. The molecular formula is C11H17NO2S. The maximum atomic E-state index is 11.5. The van der Waals surface area contributed by atoms with E-state index >= 15 is 0 Å². The predicted molar refractivity (Wildman–Crippen MR) is 61.3 cm³/mol. The molecule has 1 aromatic rings. The molecule has 0 saturated carbocycles. The second-order valence-corrected chi connectivity index (χ2v) is 4.51. The van der Waals surface area contributed by atoms with Gasteiger partial charge in [-0.2, -0.15) is 0 Å². The molecule has 1 heterocycles. The molecule has 1 aromatic heterocycles. The van der Waals surface area contributed by atoms with Gasteiger partial charge >= 0.3 is 5.97 Å². The Kier molecular flexibility index (Phi) is 4.27. The summed E-state index contributed by atoms with van der Waals surface area (Å²) in [6.45, 7) is 6.02. The summed E-state index contributed by atoms with van der Waals surface area (Å²) in [5.41, 5.74) is 0.967. The van der Waals surface area contributed by atoms with Crippen molar-refractivity contribution in [1.29, 1.82) is 0 Å². The van der Waals surface area contributed by atoms with E-state index in [1.807, 2.05) is 13.8 Å². The van der Waals surface area contributed by atoms with Crippen molar-refractivity contribution >= 4 is 17.3 Å². The lowest BCUT2D eigenvalue weighted by Gasteiger charge is -2.10. The van der Waals surface area contributed by atoms with E-state index < -0.39 is 0 Å². The lowest BCUT2D eigenvalue weighted by atomic mass is 10.0. The van der Waals surface area contributed by atoms with Crippen LogP contribution in [0.3, 0.4) is 0 Å². The lowest BCUT2D eigenvalue weighted by molar-refractivity contribution is -0.142. The van der Waals surface area contributed by atoms with Gasteiger partial charge in [0.15, 0.2) is 0 Å². The van der Waals surface area contributed by atoms with Crippen molar-refractivity contribution in [1.82, 2.24) is 4.98 Å². The number of ether oxygens (including phenoxy) is 1. The molecule has 0 aliphatic carbocycles. The second-order valence-electron chi connectivity index (χ2n) is 3.39. The Morgan fingerprint density at radius 2 is 2.20 bits per heavy atom. The molecule has 0 N–H and O–H groups in total. The summed E-state index contributed by atoms with van der Waals surface area (Å²) in [4.78, 5) is 17.0. The average molecular weight is 227 g/mol. The Morgan fingerprint density at radius 1 is 1.53 bits per heavy atom. The number of carbonyl (C=O) groups excluding carboxylic acids is 1. The molecule has 0 bridgehead atoms. The fraction of sp³-hybridized carbons (Fsp3) is 0.636. The number of hydrogen-bond acceptors (Lipinski definition) is 4. The third-order valence-corrected chi connectivity index (χ3v) is 3.81.